The van der Waals surface area contributed by atoms with Gasteiger partial charge in [0.1, 0.15) is 0 Å². The summed E-state index contributed by atoms with van der Waals surface area (Å²) in [5.74, 6) is -1.38. The van der Waals surface area contributed by atoms with Gasteiger partial charge in [-0.1, -0.05) is 18.2 Å². The standard InChI is InChI=1S/C22H21F2NO5/c1-28-18-7-3-5-15(21(18)30-22(23)24)9-11-20(27)29-13-19(26)25-17-10-8-14-4-2-6-16(14)12-17/h3,5,7-12,22H,2,4,6,13H2,1H3,(H,25,26)/b11-9+. The fourth-order valence-electron chi connectivity index (χ4n) is 3.23. The molecule has 1 N–H and O–H groups in total. The number of para-hydroxylation sites is 1. The maximum Gasteiger partial charge on any atom is 0.387 e. The Kier molecular flexibility index (Phi) is 7.00. The number of ether oxygens (including phenoxy) is 3. The number of hydrogen-bond acceptors (Lipinski definition) is 5. The molecule has 2 aromatic carbocycles. The zero-order valence-electron chi connectivity index (χ0n) is 16.3. The van der Waals surface area contributed by atoms with Crippen molar-refractivity contribution in [2.24, 2.45) is 0 Å². The first-order valence-corrected chi connectivity index (χ1v) is 9.34. The highest BCUT2D eigenvalue weighted by molar-refractivity contribution is 5.94. The molecule has 0 spiro atoms. The summed E-state index contributed by atoms with van der Waals surface area (Å²) >= 11 is 0. The highest BCUT2D eigenvalue weighted by Gasteiger charge is 2.15. The van der Waals surface area contributed by atoms with E-state index in [9.17, 15) is 18.4 Å². The molecule has 1 amide bonds. The van der Waals surface area contributed by atoms with Gasteiger partial charge in [-0.05, 0) is 54.7 Å². The number of nitrogens with one attached hydrogen (secondary N) is 1. The minimum Gasteiger partial charge on any atom is -0.493 e. The highest BCUT2D eigenvalue weighted by atomic mass is 19.3. The molecule has 0 bridgehead atoms. The number of hydrogen-bond donors (Lipinski definition) is 1. The number of fused-ring (bicyclic) bond motifs is 1. The van der Waals surface area contributed by atoms with E-state index in [2.05, 4.69) is 10.1 Å². The first-order valence-electron chi connectivity index (χ1n) is 9.34. The van der Waals surface area contributed by atoms with Crippen molar-refractivity contribution < 1.29 is 32.6 Å². The number of alkyl halides is 2. The van der Waals surface area contributed by atoms with E-state index in [1.807, 2.05) is 18.2 Å². The number of halogens is 2. The molecule has 0 saturated carbocycles. The normalized spacial score (nSPS) is 12.7. The van der Waals surface area contributed by atoms with Crippen LogP contribution in [0.1, 0.15) is 23.1 Å². The molecule has 0 atom stereocenters. The molecule has 0 saturated heterocycles. The molecule has 8 heteroatoms. The lowest BCUT2D eigenvalue weighted by Crippen LogP contribution is -2.20. The largest absolute Gasteiger partial charge is 0.493 e. The number of aryl methyl sites for hydroxylation is 2. The smallest absolute Gasteiger partial charge is 0.387 e. The van der Waals surface area contributed by atoms with Gasteiger partial charge in [-0.25, -0.2) is 4.79 Å². The number of esters is 1. The Balaban J connectivity index is 1.55. The maximum atomic E-state index is 12.6. The number of methoxy groups -OCH3 is 1. The van der Waals surface area contributed by atoms with E-state index in [1.165, 1.54) is 36.4 Å². The summed E-state index contributed by atoms with van der Waals surface area (Å²) in [6, 6.07) is 10.2. The van der Waals surface area contributed by atoms with Crippen molar-refractivity contribution in [1.82, 2.24) is 0 Å². The van der Waals surface area contributed by atoms with Gasteiger partial charge in [0, 0.05) is 17.3 Å². The van der Waals surface area contributed by atoms with Crippen molar-refractivity contribution in [1.29, 1.82) is 0 Å². The molecule has 0 heterocycles. The average Bonchev–Trinajstić information content (AvgIpc) is 3.19. The van der Waals surface area contributed by atoms with Crippen LogP contribution in [0.2, 0.25) is 0 Å². The molecule has 0 aromatic heterocycles. The highest BCUT2D eigenvalue weighted by Crippen LogP contribution is 2.33. The van der Waals surface area contributed by atoms with E-state index in [-0.39, 0.29) is 17.1 Å². The first kappa shape index (κ1) is 21.3. The van der Waals surface area contributed by atoms with E-state index in [4.69, 9.17) is 9.47 Å². The van der Waals surface area contributed by atoms with Gasteiger partial charge in [-0.3, -0.25) is 4.79 Å². The molecule has 0 fully saturated rings. The van der Waals surface area contributed by atoms with Crippen LogP contribution < -0.4 is 14.8 Å². The van der Waals surface area contributed by atoms with Crippen molar-refractivity contribution in [2.75, 3.05) is 19.0 Å². The Bertz CT molecular complexity index is 959. The minimum absolute atomic E-state index is 0.0968. The second kappa shape index (κ2) is 9.87. The van der Waals surface area contributed by atoms with Crippen LogP contribution in [-0.2, 0) is 27.2 Å². The number of anilines is 1. The molecular weight excluding hydrogens is 396 g/mol. The van der Waals surface area contributed by atoms with Gasteiger partial charge >= 0.3 is 12.6 Å². The predicted octanol–water partition coefficient (Wildman–Crippen LogP) is 3.98. The van der Waals surface area contributed by atoms with Gasteiger partial charge in [-0.2, -0.15) is 8.78 Å². The van der Waals surface area contributed by atoms with Crippen molar-refractivity contribution >= 4 is 23.6 Å². The maximum absolute atomic E-state index is 12.6. The second-order valence-corrected chi connectivity index (χ2v) is 6.58. The molecule has 158 valence electrons. The third-order valence-corrected chi connectivity index (χ3v) is 4.56. The topological polar surface area (TPSA) is 73.9 Å². The van der Waals surface area contributed by atoms with Crippen LogP contribution in [0.4, 0.5) is 14.5 Å². The van der Waals surface area contributed by atoms with Gasteiger partial charge in [0.25, 0.3) is 5.91 Å². The van der Waals surface area contributed by atoms with Crippen LogP contribution in [0.25, 0.3) is 6.08 Å². The predicted molar refractivity (Wildman–Crippen MR) is 107 cm³/mol. The van der Waals surface area contributed by atoms with E-state index in [0.717, 1.165) is 25.3 Å². The summed E-state index contributed by atoms with van der Waals surface area (Å²) in [6.45, 7) is -3.53. The Morgan fingerprint density at radius 1 is 1.17 bits per heavy atom. The molecule has 3 rings (SSSR count). The van der Waals surface area contributed by atoms with Crippen molar-refractivity contribution in [3.05, 3.63) is 59.2 Å². The lowest BCUT2D eigenvalue weighted by molar-refractivity contribution is -0.142. The molecule has 2 aromatic rings. The monoisotopic (exact) mass is 417 g/mol. The summed E-state index contributed by atoms with van der Waals surface area (Å²) in [5.41, 5.74) is 3.36. The second-order valence-electron chi connectivity index (χ2n) is 6.58. The summed E-state index contributed by atoms with van der Waals surface area (Å²) in [4.78, 5) is 23.9. The molecule has 0 unspecified atom stereocenters. The first-order chi connectivity index (χ1) is 14.5. The Hall–Kier alpha value is -3.42. The summed E-state index contributed by atoms with van der Waals surface area (Å²) < 4.78 is 39.7. The molecule has 1 aliphatic rings. The van der Waals surface area contributed by atoms with Crippen LogP contribution in [0.5, 0.6) is 11.5 Å². The molecule has 0 aliphatic heterocycles. The van der Waals surface area contributed by atoms with Crippen molar-refractivity contribution in [3.63, 3.8) is 0 Å². The summed E-state index contributed by atoms with van der Waals surface area (Å²) in [6.07, 6.45) is 5.41. The van der Waals surface area contributed by atoms with Crippen LogP contribution in [-0.4, -0.2) is 32.2 Å². The Morgan fingerprint density at radius 2 is 1.97 bits per heavy atom. The zero-order chi connectivity index (χ0) is 21.5. The van der Waals surface area contributed by atoms with Crippen molar-refractivity contribution in [3.8, 4) is 11.5 Å². The van der Waals surface area contributed by atoms with Crippen molar-refractivity contribution in [2.45, 2.75) is 25.9 Å². The number of amides is 1. The van der Waals surface area contributed by atoms with E-state index in [1.54, 1.807) is 6.07 Å². The van der Waals surface area contributed by atoms with Crippen LogP contribution in [0, 0.1) is 0 Å². The van der Waals surface area contributed by atoms with Gasteiger partial charge in [0.2, 0.25) is 0 Å². The molecule has 0 radical (unpaired) electrons. The fourth-order valence-corrected chi connectivity index (χ4v) is 3.23. The third-order valence-electron chi connectivity index (χ3n) is 4.56. The van der Waals surface area contributed by atoms with E-state index < -0.39 is 25.1 Å². The van der Waals surface area contributed by atoms with Gasteiger partial charge in [-0.15, -0.1) is 0 Å². The van der Waals surface area contributed by atoms with Gasteiger partial charge in [0.05, 0.1) is 7.11 Å². The zero-order valence-corrected chi connectivity index (χ0v) is 16.3. The summed E-state index contributed by atoms with van der Waals surface area (Å²) in [7, 11) is 1.31. The quantitative estimate of drug-likeness (QED) is 0.520. The van der Waals surface area contributed by atoms with Gasteiger partial charge in [0.15, 0.2) is 18.1 Å². The fraction of sp³-hybridized carbons (Fsp3) is 0.273. The van der Waals surface area contributed by atoms with E-state index >= 15 is 0 Å². The third kappa shape index (κ3) is 5.56. The van der Waals surface area contributed by atoms with Crippen LogP contribution in [0.15, 0.2) is 42.5 Å². The van der Waals surface area contributed by atoms with Crippen LogP contribution in [0.3, 0.4) is 0 Å². The van der Waals surface area contributed by atoms with E-state index in [0.29, 0.717) is 5.69 Å². The lowest BCUT2D eigenvalue weighted by atomic mass is 10.1. The number of benzene rings is 2. The average molecular weight is 417 g/mol. The number of rotatable bonds is 8. The minimum atomic E-state index is -3.05. The SMILES string of the molecule is COc1cccc(/C=C/C(=O)OCC(=O)Nc2ccc3c(c2)CCC3)c1OC(F)F. The lowest BCUT2D eigenvalue weighted by Gasteiger charge is -2.12. The molecule has 6 nitrogen and oxygen atoms in total. The number of carbonyl (C=O) groups is 2. The molecular formula is C22H21F2NO5. The Labute approximate surface area is 172 Å². The Morgan fingerprint density at radius 3 is 2.73 bits per heavy atom. The number of carbonyl (C=O) groups excluding carboxylic acids is 2. The summed E-state index contributed by atoms with van der Waals surface area (Å²) in [5, 5.41) is 2.69. The molecule has 1 aliphatic carbocycles. The molecule has 30 heavy (non-hydrogen) atoms. The van der Waals surface area contributed by atoms with Crippen LogP contribution >= 0.6 is 0 Å². The van der Waals surface area contributed by atoms with Gasteiger partial charge < -0.3 is 19.5 Å².